The molecular formula is C23H40IN5O2. The summed E-state index contributed by atoms with van der Waals surface area (Å²) < 4.78 is 5.70. The van der Waals surface area contributed by atoms with Crippen LogP contribution in [0.5, 0.6) is 5.75 Å². The first-order valence-corrected chi connectivity index (χ1v) is 11.0. The fraction of sp³-hybridized carbons (Fsp3) is 0.652. The van der Waals surface area contributed by atoms with Crippen molar-refractivity contribution >= 4 is 41.5 Å². The Kier molecular flexibility index (Phi) is 11.6. The number of rotatable bonds is 10. The number of hydrogen-bond acceptors (Lipinski definition) is 4. The van der Waals surface area contributed by atoms with Crippen LogP contribution in [0.25, 0.3) is 0 Å². The van der Waals surface area contributed by atoms with Gasteiger partial charge in [-0.2, -0.15) is 0 Å². The third-order valence-electron chi connectivity index (χ3n) is 4.54. The van der Waals surface area contributed by atoms with Gasteiger partial charge in [0.2, 0.25) is 5.91 Å². The smallest absolute Gasteiger partial charge is 0.242 e. The minimum atomic E-state index is -0.272. The summed E-state index contributed by atoms with van der Waals surface area (Å²) in [6.07, 6.45) is 2.73. The van der Waals surface area contributed by atoms with Crippen molar-refractivity contribution in [1.82, 2.24) is 15.5 Å². The van der Waals surface area contributed by atoms with Gasteiger partial charge in [-0.05, 0) is 78.3 Å². The van der Waals surface area contributed by atoms with Crippen molar-refractivity contribution in [3.8, 4) is 5.75 Å². The minimum Gasteiger partial charge on any atom is -0.491 e. The second-order valence-electron chi connectivity index (χ2n) is 9.07. The van der Waals surface area contributed by atoms with Crippen molar-refractivity contribution in [3.63, 3.8) is 0 Å². The zero-order valence-electron chi connectivity index (χ0n) is 19.8. The van der Waals surface area contributed by atoms with Gasteiger partial charge in [0.1, 0.15) is 12.3 Å². The van der Waals surface area contributed by atoms with Gasteiger partial charge in [-0.25, -0.2) is 4.99 Å². The Balaban J connectivity index is 0.00000480. The molecule has 1 amide bonds. The maximum Gasteiger partial charge on any atom is 0.242 e. The first kappa shape index (κ1) is 27.5. The van der Waals surface area contributed by atoms with Crippen molar-refractivity contribution in [2.75, 3.05) is 31.5 Å². The Morgan fingerprint density at radius 3 is 2.39 bits per heavy atom. The van der Waals surface area contributed by atoms with E-state index < -0.39 is 0 Å². The zero-order valence-corrected chi connectivity index (χ0v) is 22.2. The molecular weight excluding hydrogens is 505 g/mol. The van der Waals surface area contributed by atoms with Crippen LogP contribution in [0, 0.1) is 0 Å². The van der Waals surface area contributed by atoms with Crippen molar-refractivity contribution < 1.29 is 9.53 Å². The van der Waals surface area contributed by atoms with E-state index in [0.717, 1.165) is 37.1 Å². The lowest BCUT2D eigenvalue weighted by atomic mass is 10.1. The Labute approximate surface area is 204 Å². The number of amides is 1. The number of anilines is 1. The van der Waals surface area contributed by atoms with Gasteiger partial charge in [0.15, 0.2) is 5.96 Å². The highest BCUT2D eigenvalue weighted by atomic mass is 127. The monoisotopic (exact) mass is 545 g/mol. The summed E-state index contributed by atoms with van der Waals surface area (Å²) in [6.45, 7) is 14.9. The first-order chi connectivity index (χ1) is 14.2. The van der Waals surface area contributed by atoms with Gasteiger partial charge in [0, 0.05) is 30.4 Å². The number of halogens is 1. The molecule has 1 saturated carbocycles. The molecule has 0 saturated heterocycles. The van der Waals surface area contributed by atoms with Crippen molar-refractivity contribution in [1.29, 1.82) is 0 Å². The van der Waals surface area contributed by atoms with E-state index in [-0.39, 0.29) is 48.1 Å². The molecule has 31 heavy (non-hydrogen) atoms. The lowest BCUT2D eigenvalue weighted by molar-refractivity contribution is -0.121. The Morgan fingerprint density at radius 2 is 1.87 bits per heavy atom. The molecule has 0 heterocycles. The Hall–Kier alpha value is -1.55. The molecule has 2 rings (SSSR count). The second-order valence-corrected chi connectivity index (χ2v) is 9.07. The lowest BCUT2D eigenvalue weighted by Gasteiger charge is -2.21. The van der Waals surface area contributed by atoms with Crippen LogP contribution in [0.4, 0.5) is 5.69 Å². The summed E-state index contributed by atoms with van der Waals surface area (Å²) in [6, 6.07) is 8.49. The molecule has 8 heteroatoms. The van der Waals surface area contributed by atoms with Crippen LogP contribution in [0.2, 0.25) is 0 Å². The van der Waals surface area contributed by atoms with E-state index in [9.17, 15) is 4.79 Å². The van der Waals surface area contributed by atoms with E-state index in [4.69, 9.17) is 4.74 Å². The molecule has 0 atom stereocenters. The molecule has 7 nitrogen and oxygen atoms in total. The standard InChI is InChI=1S/C23H39N5O2.HI/c1-7-28(19-10-11-19)15-14-24-22(25-16-21(29)27-23(4,5)6)26-18-8-12-20(13-9-18)30-17(2)3;/h8-9,12-13,17,19H,7,10-11,14-16H2,1-6H3,(H,27,29)(H2,24,25,26);1H. The fourth-order valence-corrected chi connectivity index (χ4v) is 3.13. The first-order valence-electron chi connectivity index (χ1n) is 11.0. The van der Waals surface area contributed by atoms with E-state index in [0.29, 0.717) is 5.96 Å². The lowest BCUT2D eigenvalue weighted by Crippen LogP contribution is -2.43. The second kappa shape index (κ2) is 13.1. The number of ether oxygens (including phenoxy) is 1. The summed E-state index contributed by atoms with van der Waals surface area (Å²) in [4.78, 5) is 19.2. The van der Waals surface area contributed by atoms with E-state index >= 15 is 0 Å². The van der Waals surface area contributed by atoms with Crippen LogP contribution in [0.3, 0.4) is 0 Å². The third kappa shape index (κ3) is 11.6. The van der Waals surface area contributed by atoms with Crippen LogP contribution >= 0.6 is 24.0 Å². The van der Waals surface area contributed by atoms with E-state index in [1.807, 2.05) is 58.9 Å². The Bertz CT molecular complexity index is 697. The number of benzene rings is 1. The highest BCUT2D eigenvalue weighted by Crippen LogP contribution is 2.25. The van der Waals surface area contributed by atoms with E-state index in [1.54, 1.807) is 0 Å². The highest BCUT2D eigenvalue weighted by Gasteiger charge is 2.27. The average molecular weight is 546 g/mol. The van der Waals surface area contributed by atoms with E-state index in [2.05, 4.69) is 32.8 Å². The number of nitrogens with one attached hydrogen (secondary N) is 3. The van der Waals surface area contributed by atoms with Crippen LogP contribution in [-0.4, -0.2) is 60.6 Å². The molecule has 1 aliphatic carbocycles. The van der Waals surface area contributed by atoms with Crippen molar-refractivity contribution in [3.05, 3.63) is 24.3 Å². The van der Waals surface area contributed by atoms with Crippen LogP contribution in [-0.2, 0) is 4.79 Å². The van der Waals surface area contributed by atoms with Crippen LogP contribution in [0.1, 0.15) is 54.4 Å². The highest BCUT2D eigenvalue weighted by molar-refractivity contribution is 14.0. The predicted molar refractivity (Wildman–Crippen MR) is 140 cm³/mol. The molecule has 0 aliphatic heterocycles. The molecule has 0 radical (unpaired) electrons. The van der Waals surface area contributed by atoms with Gasteiger partial charge < -0.3 is 20.7 Å². The van der Waals surface area contributed by atoms with E-state index in [1.165, 1.54) is 12.8 Å². The maximum atomic E-state index is 12.2. The quantitative estimate of drug-likeness (QED) is 0.237. The minimum absolute atomic E-state index is 0. The molecule has 1 aromatic carbocycles. The number of guanidine groups is 1. The average Bonchev–Trinajstić information content (AvgIpc) is 3.48. The van der Waals surface area contributed by atoms with Crippen molar-refractivity contribution in [2.45, 2.75) is 72.1 Å². The van der Waals surface area contributed by atoms with Gasteiger partial charge in [0.25, 0.3) is 0 Å². The van der Waals surface area contributed by atoms with Crippen molar-refractivity contribution in [2.24, 2.45) is 4.99 Å². The third-order valence-corrected chi connectivity index (χ3v) is 4.54. The molecule has 0 aromatic heterocycles. The summed E-state index contributed by atoms with van der Waals surface area (Å²) in [7, 11) is 0. The molecule has 1 aromatic rings. The van der Waals surface area contributed by atoms with Gasteiger partial charge >= 0.3 is 0 Å². The maximum absolute atomic E-state index is 12.2. The summed E-state index contributed by atoms with van der Waals surface area (Å²) in [5.74, 6) is 1.33. The predicted octanol–water partition coefficient (Wildman–Crippen LogP) is 3.85. The summed E-state index contributed by atoms with van der Waals surface area (Å²) >= 11 is 0. The number of aliphatic imine (C=N–C) groups is 1. The zero-order chi connectivity index (χ0) is 22.1. The fourth-order valence-electron chi connectivity index (χ4n) is 3.13. The Morgan fingerprint density at radius 1 is 1.23 bits per heavy atom. The van der Waals surface area contributed by atoms with Crippen LogP contribution < -0.4 is 20.7 Å². The number of likely N-dealkylation sites (N-methyl/N-ethyl adjacent to an activating group) is 1. The number of carbonyl (C=O) groups excluding carboxylic acids is 1. The molecule has 1 aliphatic rings. The molecule has 3 N–H and O–H groups in total. The molecule has 176 valence electrons. The van der Waals surface area contributed by atoms with Gasteiger partial charge in [0.05, 0.1) is 6.10 Å². The summed E-state index contributed by atoms with van der Waals surface area (Å²) in [5.41, 5.74) is 0.620. The molecule has 0 bridgehead atoms. The van der Waals surface area contributed by atoms with Gasteiger partial charge in [-0.3, -0.25) is 9.69 Å². The van der Waals surface area contributed by atoms with Gasteiger partial charge in [-0.1, -0.05) is 6.92 Å². The summed E-state index contributed by atoms with van der Waals surface area (Å²) in [5, 5.41) is 9.61. The van der Waals surface area contributed by atoms with Gasteiger partial charge in [-0.15, -0.1) is 24.0 Å². The number of hydrogen-bond donors (Lipinski definition) is 3. The van der Waals surface area contributed by atoms with Crippen LogP contribution in [0.15, 0.2) is 29.3 Å². The molecule has 0 spiro atoms. The normalized spacial score (nSPS) is 14.3. The molecule has 0 unspecified atom stereocenters. The largest absolute Gasteiger partial charge is 0.491 e. The SMILES string of the molecule is CCN(CCNC(=NCC(=O)NC(C)(C)C)Nc1ccc(OC(C)C)cc1)C1CC1.I. The number of nitrogens with zero attached hydrogens (tertiary/aromatic N) is 2. The number of carbonyl (C=O) groups is 1. The molecule has 1 fully saturated rings. The topological polar surface area (TPSA) is 78.0 Å².